The molecule has 0 aliphatic heterocycles. The Labute approximate surface area is 327 Å². The number of halogens is 2. The fraction of sp³-hybridized carbons (Fsp3) is 0. The highest BCUT2D eigenvalue weighted by molar-refractivity contribution is 6.12. The van der Waals surface area contributed by atoms with Crippen LogP contribution in [0.4, 0.5) is 43.4 Å². The number of phenols is 2. The second-order valence-corrected chi connectivity index (χ2v) is 12.6. The van der Waals surface area contributed by atoms with Crippen molar-refractivity contribution in [2.24, 2.45) is 20.5 Å². The molecular weight excluding hydrogens is 745 g/mol. The summed E-state index contributed by atoms with van der Waals surface area (Å²) in [5.41, 5.74) is 0.752. The van der Waals surface area contributed by atoms with E-state index >= 15 is 0 Å². The van der Waals surface area contributed by atoms with Crippen LogP contribution < -0.4 is 10.6 Å². The number of benzene rings is 7. The van der Waals surface area contributed by atoms with Crippen molar-refractivity contribution in [3.63, 3.8) is 0 Å². The molecule has 58 heavy (non-hydrogen) atoms. The molecule has 2 amide bonds. The van der Waals surface area contributed by atoms with Crippen LogP contribution in [0.3, 0.4) is 0 Å². The van der Waals surface area contributed by atoms with Crippen molar-refractivity contribution in [2.75, 3.05) is 10.6 Å². The van der Waals surface area contributed by atoms with Crippen LogP contribution in [0, 0.1) is 11.6 Å². The third-order valence-corrected chi connectivity index (χ3v) is 8.78. The number of nitrogens with zero attached hydrogens (tertiary/aromatic N) is 7. The van der Waals surface area contributed by atoms with Gasteiger partial charge in [-0.15, -0.1) is 10.2 Å². The van der Waals surface area contributed by atoms with Crippen LogP contribution in [0.2, 0.25) is 0 Å². The zero-order valence-corrected chi connectivity index (χ0v) is 29.9. The van der Waals surface area contributed by atoms with E-state index in [0.29, 0.717) is 38.5 Å². The number of phenolic OH excluding ortho intramolecular Hbond substituents is 2. The number of anilines is 2. The first-order chi connectivity index (χ1) is 28.2. The maximum atomic E-state index is 13.9. The number of aromatic nitrogens is 3. The lowest BCUT2D eigenvalue weighted by Gasteiger charge is -2.13. The molecule has 0 aliphatic rings. The number of rotatable bonds is 9. The Morgan fingerprint density at radius 2 is 0.914 bits per heavy atom. The van der Waals surface area contributed by atoms with Crippen LogP contribution in [-0.4, -0.2) is 37.0 Å². The Balaban J connectivity index is 1.14. The largest absolute Gasteiger partial charge is 0.505 e. The first-order valence-electron chi connectivity index (χ1n) is 17.5. The normalized spacial score (nSPS) is 11.4. The molecule has 0 bridgehead atoms. The van der Waals surface area contributed by atoms with Gasteiger partial charge in [-0.2, -0.15) is 25.2 Å². The van der Waals surface area contributed by atoms with Crippen LogP contribution in [-0.2, 0) is 0 Å². The summed E-state index contributed by atoms with van der Waals surface area (Å²) < 4.78 is 27.0. The lowest BCUT2D eigenvalue weighted by atomic mass is 10.0. The fourth-order valence-electron chi connectivity index (χ4n) is 5.96. The molecule has 8 aromatic rings. The Morgan fingerprint density at radius 3 is 1.36 bits per heavy atom. The van der Waals surface area contributed by atoms with Gasteiger partial charge in [0, 0.05) is 16.3 Å². The number of amides is 2. The second-order valence-electron chi connectivity index (χ2n) is 12.6. The van der Waals surface area contributed by atoms with Crippen LogP contribution in [0.5, 0.6) is 11.5 Å². The molecule has 282 valence electrons. The van der Waals surface area contributed by atoms with Gasteiger partial charge in [-0.25, -0.2) is 8.78 Å². The number of fused-ring (bicyclic) bond motifs is 2. The number of hydrogen-bond donors (Lipinski definition) is 4. The van der Waals surface area contributed by atoms with E-state index in [4.69, 9.17) is 0 Å². The monoisotopic (exact) mass is 771 g/mol. The molecule has 0 saturated heterocycles. The average Bonchev–Trinajstić information content (AvgIpc) is 3.24. The Hall–Kier alpha value is -8.33. The van der Waals surface area contributed by atoms with Crippen molar-refractivity contribution in [1.82, 2.24) is 15.0 Å². The van der Waals surface area contributed by atoms with Gasteiger partial charge in [-0.1, -0.05) is 78.9 Å². The van der Waals surface area contributed by atoms with E-state index in [0.717, 1.165) is 0 Å². The Bertz CT molecular complexity index is 2750. The Morgan fingerprint density at radius 1 is 0.500 bits per heavy atom. The second kappa shape index (κ2) is 15.8. The minimum Gasteiger partial charge on any atom is -0.505 e. The highest BCUT2D eigenvalue weighted by atomic mass is 19.1. The van der Waals surface area contributed by atoms with E-state index < -0.39 is 34.9 Å². The molecule has 0 saturated carbocycles. The van der Waals surface area contributed by atoms with Crippen molar-refractivity contribution >= 4 is 68.0 Å². The number of hydrogen-bond acceptors (Lipinski definition) is 11. The Kier molecular flexibility index (Phi) is 9.98. The number of carbonyl (C=O) groups excluding carboxylic acids is 2. The third kappa shape index (κ3) is 7.76. The minimum atomic E-state index is -0.827. The van der Waals surface area contributed by atoms with Gasteiger partial charge in [0.2, 0.25) is 11.9 Å². The SMILES string of the molecule is O=C(Nc1nc(NC(=O)c2cc3ccccc3c(N=Nc3ccc(F)cc3)c2O)nc(-c2ccccc2)n1)c1cc2ccccc2c(N=Nc2ccc(F)cc2)c1O. The zero-order valence-electron chi connectivity index (χ0n) is 29.9. The molecule has 0 spiro atoms. The summed E-state index contributed by atoms with van der Waals surface area (Å²) in [6.07, 6.45) is 0. The van der Waals surface area contributed by atoms with E-state index in [9.17, 15) is 28.6 Å². The van der Waals surface area contributed by atoms with E-state index in [1.54, 1.807) is 78.9 Å². The lowest BCUT2D eigenvalue weighted by Crippen LogP contribution is -2.19. The van der Waals surface area contributed by atoms with Crippen molar-refractivity contribution in [2.45, 2.75) is 0 Å². The first-order valence-corrected chi connectivity index (χ1v) is 17.5. The number of aromatic hydroxyl groups is 2. The minimum absolute atomic E-state index is 0.00656. The van der Waals surface area contributed by atoms with Gasteiger partial charge in [0.15, 0.2) is 17.3 Å². The van der Waals surface area contributed by atoms with E-state index in [1.165, 1.54) is 60.7 Å². The highest BCUT2D eigenvalue weighted by Gasteiger charge is 2.23. The van der Waals surface area contributed by atoms with Gasteiger partial charge in [-0.05, 0) is 71.4 Å². The van der Waals surface area contributed by atoms with Gasteiger partial charge >= 0.3 is 0 Å². The molecule has 0 aliphatic carbocycles. The molecule has 15 heteroatoms. The molecule has 1 heterocycles. The van der Waals surface area contributed by atoms with Gasteiger partial charge in [0.25, 0.3) is 11.8 Å². The van der Waals surface area contributed by atoms with Crippen molar-refractivity contribution < 1.29 is 28.6 Å². The summed E-state index contributed by atoms with van der Waals surface area (Å²) >= 11 is 0. The van der Waals surface area contributed by atoms with E-state index in [-0.39, 0.29) is 40.2 Å². The van der Waals surface area contributed by atoms with Gasteiger partial charge in [0.1, 0.15) is 23.0 Å². The average molecular weight is 772 g/mol. The fourth-order valence-corrected chi connectivity index (χ4v) is 5.96. The highest BCUT2D eigenvalue weighted by Crippen LogP contribution is 2.41. The molecule has 0 atom stereocenters. The van der Waals surface area contributed by atoms with Crippen LogP contribution in [0.25, 0.3) is 32.9 Å². The smallest absolute Gasteiger partial charge is 0.261 e. The molecule has 8 rings (SSSR count). The molecule has 0 fully saturated rings. The lowest BCUT2D eigenvalue weighted by molar-refractivity contribution is 0.101. The molecular formula is C43H27F2N9O4. The molecule has 13 nitrogen and oxygen atoms in total. The van der Waals surface area contributed by atoms with Gasteiger partial charge in [0.05, 0.1) is 22.5 Å². The molecule has 1 aromatic heterocycles. The third-order valence-electron chi connectivity index (χ3n) is 8.78. The quantitative estimate of drug-likeness (QED) is 0.105. The molecule has 7 aromatic carbocycles. The van der Waals surface area contributed by atoms with Gasteiger partial charge < -0.3 is 10.2 Å². The maximum Gasteiger partial charge on any atom is 0.261 e. The predicted molar refractivity (Wildman–Crippen MR) is 214 cm³/mol. The van der Waals surface area contributed by atoms with Crippen molar-refractivity contribution in [1.29, 1.82) is 0 Å². The first kappa shape index (κ1) is 36.6. The molecule has 0 unspecified atom stereocenters. The molecule has 0 radical (unpaired) electrons. The summed E-state index contributed by atoms with van der Waals surface area (Å²) in [6, 6.07) is 36.0. The maximum absolute atomic E-state index is 13.9. The van der Waals surface area contributed by atoms with Crippen LogP contribution in [0.15, 0.2) is 160 Å². The summed E-state index contributed by atoms with van der Waals surface area (Å²) in [5.74, 6) is -4.04. The van der Waals surface area contributed by atoms with Crippen molar-refractivity contribution in [3.05, 3.63) is 162 Å². The standard InChI is InChI=1S/C43H27F2N9O4/c44-27-14-18-29(19-15-27)51-53-35-31-12-6-4-10-25(31)22-33(37(35)55)40(57)48-42-46-39(24-8-2-1-3-9-24)47-43(50-42)49-41(58)34-23-26-11-5-7-13-32(26)36(38(34)56)54-52-30-20-16-28(45)17-21-30/h1-23,55-56H,(H2,46,47,48,49,50,57,58). The number of azo groups is 2. The van der Waals surface area contributed by atoms with E-state index in [2.05, 4.69) is 46.0 Å². The molecule has 4 N–H and O–H groups in total. The predicted octanol–water partition coefficient (Wildman–Crippen LogP) is 10.9. The van der Waals surface area contributed by atoms with Gasteiger partial charge in [-0.3, -0.25) is 20.2 Å². The topological polar surface area (TPSA) is 187 Å². The summed E-state index contributed by atoms with van der Waals surface area (Å²) in [7, 11) is 0. The summed E-state index contributed by atoms with van der Waals surface area (Å²) in [5, 5.41) is 46.7. The number of nitrogens with one attached hydrogen (secondary N) is 2. The summed E-state index contributed by atoms with van der Waals surface area (Å²) in [6.45, 7) is 0. The number of carbonyl (C=O) groups is 2. The van der Waals surface area contributed by atoms with E-state index in [1.807, 2.05) is 0 Å². The summed E-state index contributed by atoms with van der Waals surface area (Å²) in [4.78, 5) is 40.9. The zero-order chi connectivity index (χ0) is 40.2. The van der Waals surface area contributed by atoms with Crippen molar-refractivity contribution in [3.8, 4) is 22.9 Å². The van der Waals surface area contributed by atoms with Crippen LogP contribution in [0.1, 0.15) is 20.7 Å². The van der Waals surface area contributed by atoms with Crippen LogP contribution >= 0.6 is 0 Å².